The molecular formula is C17H35IN4O2S. The van der Waals surface area contributed by atoms with Gasteiger partial charge in [-0.25, -0.2) is 12.7 Å². The number of aliphatic imine (C=N–C) groups is 1. The van der Waals surface area contributed by atoms with Crippen LogP contribution in [-0.2, 0) is 10.0 Å². The van der Waals surface area contributed by atoms with Crippen molar-refractivity contribution in [2.75, 3.05) is 39.0 Å². The highest BCUT2D eigenvalue weighted by Gasteiger charge is 2.13. The van der Waals surface area contributed by atoms with Gasteiger partial charge in [-0.15, -0.1) is 24.0 Å². The molecule has 1 rings (SSSR count). The van der Waals surface area contributed by atoms with Gasteiger partial charge in [-0.05, 0) is 45.4 Å². The Balaban J connectivity index is 0.00000576. The second-order valence-corrected chi connectivity index (χ2v) is 8.14. The van der Waals surface area contributed by atoms with Crippen LogP contribution in [0.5, 0.6) is 0 Å². The van der Waals surface area contributed by atoms with Gasteiger partial charge in [0, 0.05) is 32.7 Å². The van der Waals surface area contributed by atoms with Crippen molar-refractivity contribution in [2.24, 2.45) is 4.99 Å². The molecule has 0 bridgehead atoms. The molecule has 8 heteroatoms. The van der Waals surface area contributed by atoms with Crippen LogP contribution in [0, 0.1) is 0 Å². The maximum atomic E-state index is 11.5. The summed E-state index contributed by atoms with van der Waals surface area (Å²) in [7, 11) is -3.11. The second-order valence-electron chi connectivity index (χ2n) is 6.15. The lowest BCUT2D eigenvalue weighted by molar-refractivity contribution is 0.427. The summed E-state index contributed by atoms with van der Waals surface area (Å²) in [6, 6.07) is 0. The maximum Gasteiger partial charge on any atom is 0.211 e. The van der Waals surface area contributed by atoms with Crippen LogP contribution in [0.15, 0.2) is 16.6 Å². The van der Waals surface area contributed by atoms with Gasteiger partial charge in [-0.1, -0.05) is 18.6 Å². The van der Waals surface area contributed by atoms with E-state index >= 15 is 0 Å². The van der Waals surface area contributed by atoms with Gasteiger partial charge in [0.1, 0.15) is 0 Å². The third kappa shape index (κ3) is 11.1. The van der Waals surface area contributed by atoms with Crippen molar-refractivity contribution in [1.82, 2.24) is 14.9 Å². The maximum absolute atomic E-state index is 11.5. The Hall–Kier alpha value is -0.350. The number of halogens is 1. The van der Waals surface area contributed by atoms with Gasteiger partial charge in [0.05, 0.1) is 6.26 Å². The molecule has 0 heterocycles. The third-order valence-electron chi connectivity index (χ3n) is 4.13. The number of hydrogen-bond acceptors (Lipinski definition) is 3. The molecule has 148 valence electrons. The zero-order chi connectivity index (χ0) is 17.8. The summed E-state index contributed by atoms with van der Waals surface area (Å²) in [6.07, 6.45) is 10.5. The van der Waals surface area contributed by atoms with Gasteiger partial charge in [0.15, 0.2) is 5.96 Å². The Morgan fingerprint density at radius 2 is 2.04 bits per heavy atom. The quantitative estimate of drug-likeness (QED) is 0.164. The van der Waals surface area contributed by atoms with E-state index in [1.165, 1.54) is 36.2 Å². The van der Waals surface area contributed by atoms with E-state index in [-0.39, 0.29) is 24.0 Å². The molecule has 2 N–H and O–H groups in total. The first kappa shape index (κ1) is 24.7. The molecule has 0 atom stereocenters. The minimum absolute atomic E-state index is 0. The minimum Gasteiger partial charge on any atom is -0.357 e. The molecule has 0 aliphatic heterocycles. The molecule has 6 nitrogen and oxygen atoms in total. The molecule has 0 aromatic heterocycles. The highest BCUT2D eigenvalue weighted by molar-refractivity contribution is 14.0. The SMILES string of the molecule is CCNC(=NCCCN(CC)S(C)(=O)=O)NCCC1=CCCCC1.I. The molecule has 25 heavy (non-hydrogen) atoms. The summed E-state index contributed by atoms with van der Waals surface area (Å²) in [4.78, 5) is 4.54. The van der Waals surface area contributed by atoms with Crippen LogP contribution in [0.25, 0.3) is 0 Å². The predicted molar refractivity (Wildman–Crippen MR) is 117 cm³/mol. The van der Waals surface area contributed by atoms with E-state index in [4.69, 9.17) is 0 Å². The molecule has 0 amide bonds. The van der Waals surface area contributed by atoms with Crippen molar-refractivity contribution in [3.05, 3.63) is 11.6 Å². The molecule has 0 spiro atoms. The fourth-order valence-electron chi connectivity index (χ4n) is 2.81. The van der Waals surface area contributed by atoms with Gasteiger partial charge in [0.2, 0.25) is 10.0 Å². The van der Waals surface area contributed by atoms with Gasteiger partial charge in [0.25, 0.3) is 0 Å². The standard InChI is InChI=1S/C17H34N4O2S.HI/c1-4-18-17(20-14-12-16-10-7-6-8-11-16)19-13-9-15-21(5-2)24(3,22)23;/h10H,4-9,11-15H2,1-3H3,(H2,18,19,20);1H. The summed E-state index contributed by atoms with van der Waals surface area (Å²) in [5.41, 5.74) is 1.55. The molecule has 0 fully saturated rings. The number of guanidine groups is 1. The Morgan fingerprint density at radius 1 is 1.28 bits per heavy atom. The van der Waals surface area contributed by atoms with Crippen molar-refractivity contribution in [3.8, 4) is 0 Å². The molecule has 0 unspecified atom stereocenters. The average molecular weight is 486 g/mol. The normalized spacial score (nSPS) is 15.5. The van der Waals surface area contributed by atoms with Crippen molar-refractivity contribution < 1.29 is 8.42 Å². The summed E-state index contributed by atoms with van der Waals surface area (Å²) < 4.78 is 24.6. The topological polar surface area (TPSA) is 73.8 Å². The Bertz CT molecular complexity index is 521. The van der Waals surface area contributed by atoms with E-state index < -0.39 is 10.0 Å². The molecule has 1 aliphatic rings. The molecule has 0 saturated heterocycles. The van der Waals surface area contributed by atoms with Gasteiger partial charge in [-0.2, -0.15) is 0 Å². The average Bonchev–Trinajstić information content (AvgIpc) is 2.54. The minimum atomic E-state index is -3.11. The molecule has 0 saturated carbocycles. The van der Waals surface area contributed by atoms with Gasteiger partial charge >= 0.3 is 0 Å². The van der Waals surface area contributed by atoms with Crippen LogP contribution in [0.2, 0.25) is 0 Å². The molecule has 0 aromatic carbocycles. The monoisotopic (exact) mass is 486 g/mol. The Morgan fingerprint density at radius 3 is 2.60 bits per heavy atom. The van der Waals surface area contributed by atoms with E-state index in [1.54, 1.807) is 5.57 Å². The molecule has 0 aromatic rings. The van der Waals surface area contributed by atoms with Crippen LogP contribution in [0.4, 0.5) is 0 Å². The zero-order valence-corrected chi connectivity index (χ0v) is 19.0. The molecular weight excluding hydrogens is 451 g/mol. The Kier molecular flexibility index (Phi) is 13.6. The first-order valence-electron chi connectivity index (χ1n) is 9.12. The fraction of sp³-hybridized carbons (Fsp3) is 0.824. The van der Waals surface area contributed by atoms with Gasteiger partial charge in [-0.3, -0.25) is 4.99 Å². The summed E-state index contributed by atoms with van der Waals surface area (Å²) in [6.45, 7) is 7.26. The lowest BCUT2D eigenvalue weighted by Crippen LogP contribution is -2.38. The lowest BCUT2D eigenvalue weighted by atomic mass is 9.97. The number of allylic oxidation sites excluding steroid dienone is 1. The number of nitrogens with zero attached hydrogens (tertiary/aromatic N) is 2. The van der Waals surface area contributed by atoms with Crippen LogP contribution < -0.4 is 10.6 Å². The number of sulfonamides is 1. The number of rotatable bonds is 10. The van der Waals surface area contributed by atoms with Crippen LogP contribution in [0.1, 0.15) is 52.4 Å². The predicted octanol–water partition coefficient (Wildman–Crippen LogP) is 2.72. The highest BCUT2D eigenvalue weighted by atomic mass is 127. The third-order valence-corrected chi connectivity index (χ3v) is 5.50. The lowest BCUT2D eigenvalue weighted by Gasteiger charge is -2.17. The Labute approximate surface area is 171 Å². The summed E-state index contributed by atoms with van der Waals surface area (Å²) in [5.74, 6) is 0.816. The van der Waals surface area contributed by atoms with Crippen molar-refractivity contribution in [3.63, 3.8) is 0 Å². The second kappa shape index (κ2) is 13.8. The van der Waals surface area contributed by atoms with Crippen molar-refractivity contribution in [2.45, 2.75) is 52.4 Å². The first-order chi connectivity index (χ1) is 11.5. The van der Waals surface area contributed by atoms with E-state index in [2.05, 4.69) is 21.7 Å². The van der Waals surface area contributed by atoms with E-state index in [9.17, 15) is 8.42 Å². The summed E-state index contributed by atoms with van der Waals surface area (Å²) >= 11 is 0. The van der Waals surface area contributed by atoms with E-state index in [1.807, 2.05) is 13.8 Å². The van der Waals surface area contributed by atoms with E-state index in [0.717, 1.165) is 31.9 Å². The van der Waals surface area contributed by atoms with Crippen molar-refractivity contribution in [1.29, 1.82) is 0 Å². The van der Waals surface area contributed by atoms with Crippen molar-refractivity contribution >= 4 is 40.0 Å². The van der Waals surface area contributed by atoms with Crippen LogP contribution >= 0.6 is 24.0 Å². The smallest absolute Gasteiger partial charge is 0.211 e. The largest absolute Gasteiger partial charge is 0.357 e. The number of hydrogen-bond donors (Lipinski definition) is 2. The van der Waals surface area contributed by atoms with Crippen LogP contribution in [-0.4, -0.2) is 57.7 Å². The van der Waals surface area contributed by atoms with Crippen LogP contribution in [0.3, 0.4) is 0 Å². The zero-order valence-electron chi connectivity index (χ0n) is 15.9. The first-order valence-corrected chi connectivity index (χ1v) is 11.0. The molecule has 0 radical (unpaired) electrons. The van der Waals surface area contributed by atoms with E-state index in [0.29, 0.717) is 19.6 Å². The fourth-order valence-corrected chi connectivity index (χ4v) is 3.74. The molecule has 1 aliphatic carbocycles. The summed E-state index contributed by atoms with van der Waals surface area (Å²) in [5, 5.41) is 6.61. The van der Waals surface area contributed by atoms with Gasteiger partial charge < -0.3 is 10.6 Å². The highest BCUT2D eigenvalue weighted by Crippen LogP contribution is 2.19. The number of nitrogens with one attached hydrogen (secondary N) is 2.